The Balaban J connectivity index is 1.08. The van der Waals surface area contributed by atoms with Crippen molar-refractivity contribution in [3.63, 3.8) is 0 Å². The summed E-state index contributed by atoms with van der Waals surface area (Å²) < 4.78 is 8.58. The van der Waals surface area contributed by atoms with Gasteiger partial charge in [-0.05, 0) is 100 Å². The molecular weight excluding hydrogens is 657 g/mol. The van der Waals surface area contributed by atoms with Crippen LogP contribution in [0, 0.1) is 5.92 Å². The van der Waals surface area contributed by atoms with E-state index in [0.717, 1.165) is 46.1 Å². The summed E-state index contributed by atoms with van der Waals surface area (Å²) >= 11 is 0. The van der Waals surface area contributed by atoms with Crippen molar-refractivity contribution in [1.29, 1.82) is 0 Å². The molecule has 3 heteroatoms. The van der Waals surface area contributed by atoms with Crippen molar-refractivity contribution in [2.45, 2.75) is 25.7 Å². The molecule has 7 aromatic rings. The van der Waals surface area contributed by atoms with Gasteiger partial charge in [0.15, 0.2) is 0 Å². The summed E-state index contributed by atoms with van der Waals surface area (Å²) in [5, 5.41) is 2.53. The minimum atomic E-state index is -0.107. The first kappa shape index (κ1) is 32.1. The van der Waals surface area contributed by atoms with Crippen LogP contribution in [0.4, 0.5) is 17.1 Å². The van der Waals surface area contributed by atoms with Gasteiger partial charge in [0.05, 0.1) is 17.3 Å². The lowest BCUT2D eigenvalue weighted by Gasteiger charge is -2.28. The van der Waals surface area contributed by atoms with Gasteiger partial charge in [-0.15, -0.1) is 0 Å². The molecule has 0 saturated heterocycles. The van der Waals surface area contributed by atoms with Gasteiger partial charge in [0.2, 0.25) is 0 Å². The molecule has 6 aromatic carbocycles. The number of para-hydroxylation sites is 2. The highest BCUT2D eigenvalue weighted by molar-refractivity contribution is 6.09. The predicted octanol–water partition coefficient (Wildman–Crippen LogP) is 13.5. The summed E-state index contributed by atoms with van der Waals surface area (Å²) in [6, 6.07) is 51.2. The first-order valence-electron chi connectivity index (χ1n) is 18.8. The van der Waals surface area contributed by atoms with Gasteiger partial charge in [0, 0.05) is 50.4 Å². The van der Waals surface area contributed by atoms with Crippen molar-refractivity contribution in [3.05, 3.63) is 211 Å². The Morgan fingerprint density at radius 3 is 2.06 bits per heavy atom. The molecule has 1 aromatic heterocycles. The van der Waals surface area contributed by atoms with E-state index in [-0.39, 0.29) is 11.3 Å². The molecule has 2 heterocycles. The van der Waals surface area contributed by atoms with Crippen molar-refractivity contribution in [3.8, 4) is 16.8 Å². The fourth-order valence-corrected chi connectivity index (χ4v) is 8.94. The SMILES string of the molecule is C=C/C=C\C1=COC2=C(c3ccc(N(c4ccc(-n5c6ccccc6c6ccccc65)cc4)c4ccc5c(c4)C(C)(C)c4ccccc4-5)cc3)C=CCC12. The number of anilines is 3. The quantitative estimate of drug-likeness (QED) is 0.154. The van der Waals surface area contributed by atoms with E-state index in [1.54, 1.807) is 0 Å². The van der Waals surface area contributed by atoms with Gasteiger partial charge in [0.1, 0.15) is 5.76 Å². The maximum Gasteiger partial charge on any atom is 0.119 e. The number of rotatable bonds is 7. The number of hydrogen-bond donors (Lipinski definition) is 0. The van der Waals surface area contributed by atoms with Crippen molar-refractivity contribution in [2.75, 3.05) is 4.90 Å². The molecule has 1 unspecified atom stereocenters. The average Bonchev–Trinajstić information content (AvgIpc) is 3.86. The minimum absolute atomic E-state index is 0.107. The highest BCUT2D eigenvalue weighted by atomic mass is 16.5. The van der Waals surface area contributed by atoms with Crippen molar-refractivity contribution >= 4 is 44.4 Å². The maximum absolute atomic E-state index is 6.20. The van der Waals surface area contributed by atoms with E-state index in [0.29, 0.717) is 0 Å². The molecule has 1 aliphatic heterocycles. The van der Waals surface area contributed by atoms with Crippen LogP contribution in [0.1, 0.15) is 37.0 Å². The fourth-order valence-electron chi connectivity index (χ4n) is 8.94. The first-order chi connectivity index (χ1) is 26.5. The molecule has 260 valence electrons. The van der Waals surface area contributed by atoms with Crippen molar-refractivity contribution in [2.24, 2.45) is 5.92 Å². The van der Waals surface area contributed by atoms with Gasteiger partial charge in [-0.25, -0.2) is 0 Å². The van der Waals surface area contributed by atoms with Gasteiger partial charge in [-0.1, -0.05) is 130 Å². The Hall–Kier alpha value is -6.58. The number of benzene rings is 6. The zero-order valence-corrected chi connectivity index (χ0v) is 30.5. The Kier molecular flexibility index (Phi) is 7.45. The van der Waals surface area contributed by atoms with Crippen LogP contribution in [0.15, 0.2) is 194 Å². The predicted molar refractivity (Wildman–Crippen MR) is 226 cm³/mol. The molecule has 1 atom stereocenters. The summed E-state index contributed by atoms with van der Waals surface area (Å²) in [4.78, 5) is 2.39. The Morgan fingerprint density at radius 1 is 0.704 bits per heavy atom. The van der Waals surface area contributed by atoms with Crippen LogP contribution in [-0.4, -0.2) is 4.57 Å². The van der Waals surface area contributed by atoms with Gasteiger partial charge >= 0.3 is 0 Å². The highest BCUT2D eigenvalue weighted by Crippen LogP contribution is 2.51. The van der Waals surface area contributed by atoms with Gasteiger partial charge in [-0.2, -0.15) is 0 Å². The minimum Gasteiger partial charge on any atom is -0.468 e. The van der Waals surface area contributed by atoms with Crippen LogP contribution in [0.3, 0.4) is 0 Å². The molecule has 3 aliphatic rings. The van der Waals surface area contributed by atoms with Crippen LogP contribution < -0.4 is 4.90 Å². The molecule has 0 amide bonds. The summed E-state index contributed by atoms with van der Waals surface area (Å²) in [6.07, 6.45) is 13.2. The molecule has 54 heavy (non-hydrogen) atoms. The van der Waals surface area contributed by atoms with E-state index in [4.69, 9.17) is 4.74 Å². The number of nitrogens with zero attached hydrogens (tertiary/aromatic N) is 2. The van der Waals surface area contributed by atoms with E-state index >= 15 is 0 Å². The second kappa shape index (κ2) is 12.5. The lowest BCUT2D eigenvalue weighted by atomic mass is 9.82. The fraction of sp³-hybridized carbons (Fsp3) is 0.0980. The number of allylic oxidation sites excluding steroid dienone is 7. The van der Waals surface area contributed by atoms with E-state index in [9.17, 15) is 0 Å². The molecule has 0 fully saturated rings. The largest absolute Gasteiger partial charge is 0.468 e. The molecule has 0 saturated carbocycles. The van der Waals surface area contributed by atoms with Crippen LogP contribution in [0.25, 0.3) is 44.2 Å². The topological polar surface area (TPSA) is 17.4 Å². The first-order valence-corrected chi connectivity index (χ1v) is 18.8. The van der Waals surface area contributed by atoms with Gasteiger partial charge < -0.3 is 14.2 Å². The highest BCUT2D eigenvalue weighted by Gasteiger charge is 2.36. The molecule has 3 nitrogen and oxygen atoms in total. The summed E-state index contributed by atoms with van der Waals surface area (Å²) in [5.41, 5.74) is 15.6. The second-order valence-electron chi connectivity index (χ2n) is 15.0. The number of fused-ring (bicyclic) bond motifs is 7. The Labute approximate surface area is 316 Å². The van der Waals surface area contributed by atoms with E-state index in [1.165, 1.54) is 49.6 Å². The second-order valence-corrected chi connectivity index (χ2v) is 15.0. The third kappa shape index (κ3) is 4.96. The summed E-state index contributed by atoms with van der Waals surface area (Å²) in [7, 11) is 0. The smallest absolute Gasteiger partial charge is 0.119 e. The van der Waals surface area contributed by atoms with Crippen LogP contribution in [0.2, 0.25) is 0 Å². The molecule has 0 N–H and O–H groups in total. The molecule has 10 rings (SSSR count). The third-order valence-electron chi connectivity index (χ3n) is 11.6. The number of aromatic nitrogens is 1. The lowest BCUT2D eigenvalue weighted by Crippen LogP contribution is -2.16. The Morgan fingerprint density at radius 2 is 1.33 bits per heavy atom. The average molecular weight is 697 g/mol. The molecule has 0 radical (unpaired) electrons. The van der Waals surface area contributed by atoms with Crippen LogP contribution in [0.5, 0.6) is 0 Å². The summed E-state index contributed by atoms with van der Waals surface area (Å²) in [6.45, 7) is 8.53. The Bertz CT molecular complexity index is 2700. The van der Waals surface area contributed by atoms with Gasteiger partial charge in [-0.3, -0.25) is 0 Å². The number of hydrogen-bond acceptors (Lipinski definition) is 2. The van der Waals surface area contributed by atoms with E-state index < -0.39 is 0 Å². The monoisotopic (exact) mass is 696 g/mol. The lowest BCUT2D eigenvalue weighted by molar-refractivity contribution is 0.344. The zero-order chi connectivity index (χ0) is 36.4. The van der Waals surface area contributed by atoms with E-state index in [2.05, 4.69) is 188 Å². The van der Waals surface area contributed by atoms with Gasteiger partial charge in [0.25, 0.3) is 0 Å². The molecule has 0 spiro atoms. The third-order valence-corrected chi connectivity index (χ3v) is 11.6. The van der Waals surface area contributed by atoms with E-state index in [1.807, 2.05) is 18.4 Å². The van der Waals surface area contributed by atoms with Crippen LogP contribution >= 0.6 is 0 Å². The number of ether oxygens (including phenoxy) is 1. The van der Waals surface area contributed by atoms with Crippen molar-refractivity contribution < 1.29 is 4.74 Å². The van der Waals surface area contributed by atoms with Crippen LogP contribution in [-0.2, 0) is 10.2 Å². The maximum atomic E-state index is 6.20. The molecular formula is C51H40N2O. The summed E-state index contributed by atoms with van der Waals surface area (Å²) in [5.74, 6) is 1.25. The van der Waals surface area contributed by atoms with Crippen molar-refractivity contribution in [1.82, 2.24) is 4.57 Å². The normalized spacial score (nSPS) is 16.7. The molecule has 0 bridgehead atoms. The zero-order valence-electron chi connectivity index (χ0n) is 30.5. The standard InChI is InChI=1S/C51H40N2O/c1-4-5-13-35-33-54-50-40(17-12-18-41(35)50)34-22-24-36(25-23-34)52(39-30-31-43-42-14-6-9-19-46(42)51(2,3)47(43)32-39)37-26-28-38(29-27-37)53-48-20-10-7-15-44(48)45-16-8-11-21-49(45)53/h4-17,19-33,41H,1,18H2,2-3H3/b13-5-. The molecule has 2 aliphatic carbocycles.